The number of benzene rings is 2. The molecule has 1 saturated heterocycles. The third-order valence-corrected chi connectivity index (χ3v) is 5.33. The van der Waals surface area contributed by atoms with Gasteiger partial charge in [0.05, 0.1) is 18.2 Å². The van der Waals surface area contributed by atoms with E-state index in [4.69, 9.17) is 0 Å². The van der Waals surface area contributed by atoms with Crippen molar-refractivity contribution in [3.8, 4) is 0 Å². The zero-order valence-electron chi connectivity index (χ0n) is 14.7. The number of hydrogen-bond acceptors (Lipinski definition) is 3. The number of nitrogens with zero attached hydrogens (tertiary/aromatic N) is 2. The number of carbonyl (C=O) groups is 2. The van der Waals surface area contributed by atoms with Gasteiger partial charge in [-0.05, 0) is 48.6 Å². The van der Waals surface area contributed by atoms with Gasteiger partial charge < -0.3 is 0 Å². The van der Waals surface area contributed by atoms with Crippen molar-refractivity contribution in [2.45, 2.75) is 39.3 Å². The summed E-state index contributed by atoms with van der Waals surface area (Å²) in [5, 5.41) is 0. The highest BCUT2D eigenvalue weighted by atomic mass is 16.2. The standard InChI is InChI=1S/C21H22N2O2/c1-14-7-8-15(2)18(11-14)23-20(24)12-19(21(23)25)22-10-9-16-5-3-4-6-17(16)13-22/h3-8,11,19H,9-10,12-13H2,1-2H3. The van der Waals surface area contributed by atoms with Gasteiger partial charge in [-0.1, -0.05) is 36.4 Å². The molecule has 0 aliphatic carbocycles. The fourth-order valence-electron chi connectivity index (χ4n) is 3.90. The van der Waals surface area contributed by atoms with E-state index in [1.54, 1.807) is 0 Å². The molecule has 1 fully saturated rings. The molecule has 2 aliphatic rings. The van der Waals surface area contributed by atoms with Crippen molar-refractivity contribution in [3.05, 3.63) is 64.7 Å². The van der Waals surface area contributed by atoms with E-state index < -0.39 is 0 Å². The van der Waals surface area contributed by atoms with Gasteiger partial charge >= 0.3 is 0 Å². The molecule has 25 heavy (non-hydrogen) atoms. The fraction of sp³-hybridized carbons (Fsp3) is 0.333. The Hall–Kier alpha value is -2.46. The first kappa shape index (κ1) is 16.0. The molecule has 2 aromatic rings. The number of hydrogen-bond donors (Lipinski definition) is 0. The minimum absolute atomic E-state index is 0.0851. The minimum Gasteiger partial charge on any atom is -0.287 e. The van der Waals surface area contributed by atoms with Crippen LogP contribution in [-0.2, 0) is 22.6 Å². The summed E-state index contributed by atoms with van der Waals surface area (Å²) in [6, 6.07) is 13.9. The number of amides is 2. The predicted molar refractivity (Wildman–Crippen MR) is 97.4 cm³/mol. The maximum atomic E-state index is 13.1. The van der Waals surface area contributed by atoms with Crippen LogP contribution < -0.4 is 4.90 Å². The molecule has 128 valence electrons. The molecule has 4 nitrogen and oxygen atoms in total. The highest BCUT2D eigenvalue weighted by molar-refractivity contribution is 6.22. The first-order valence-electron chi connectivity index (χ1n) is 8.79. The van der Waals surface area contributed by atoms with Crippen LogP contribution in [0.2, 0.25) is 0 Å². The molecule has 2 aliphatic heterocycles. The summed E-state index contributed by atoms with van der Waals surface area (Å²) in [5.41, 5.74) is 5.35. The van der Waals surface area contributed by atoms with Crippen LogP contribution in [0.25, 0.3) is 0 Å². The molecular weight excluding hydrogens is 312 g/mol. The monoisotopic (exact) mass is 334 g/mol. The Morgan fingerprint density at radius 3 is 2.56 bits per heavy atom. The van der Waals surface area contributed by atoms with Gasteiger partial charge in [-0.2, -0.15) is 0 Å². The average molecular weight is 334 g/mol. The molecule has 0 saturated carbocycles. The summed E-state index contributed by atoms with van der Waals surface area (Å²) in [6.07, 6.45) is 1.20. The maximum absolute atomic E-state index is 13.1. The summed E-state index contributed by atoms with van der Waals surface area (Å²) >= 11 is 0. The number of rotatable bonds is 2. The molecule has 4 rings (SSSR count). The first-order chi connectivity index (χ1) is 12.0. The second-order valence-corrected chi connectivity index (χ2v) is 7.07. The lowest BCUT2D eigenvalue weighted by molar-refractivity contribution is -0.123. The molecule has 4 heteroatoms. The summed E-state index contributed by atoms with van der Waals surface area (Å²) in [7, 11) is 0. The highest BCUT2D eigenvalue weighted by Gasteiger charge is 2.43. The molecule has 1 atom stereocenters. The Kier molecular flexibility index (Phi) is 3.92. The van der Waals surface area contributed by atoms with Gasteiger partial charge in [0.15, 0.2) is 0 Å². The Balaban J connectivity index is 1.61. The van der Waals surface area contributed by atoms with Crippen molar-refractivity contribution in [2.24, 2.45) is 0 Å². The predicted octanol–water partition coefficient (Wildman–Crippen LogP) is 2.99. The van der Waals surface area contributed by atoms with Gasteiger partial charge in [0.1, 0.15) is 0 Å². The maximum Gasteiger partial charge on any atom is 0.251 e. The van der Waals surface area contributed by atoms with Crippen molar-refractivity contribution in [1.29, 1.82) is 0 Å². The van der Waals surface area contributed by atoms with Gasteiger partial charge in [-0.3, -0.25) is 14.5 Å². The molecule has 0 N–H and O–H groups in total. The van der Waals surface area contributed by atoms with Gasteiger partial charge in [0.2, 0.25) is 5.91 Å². The number of aryl methyl sites for hydroxylation is 2. The van der Waals surface area contributed by atoms with Crippen molar-refractivity contribution in [3.63, 3.8) is 0 Å². The number of imide groups is 1. The van der Waals surface area contributed by atoms with Crippen LogP contribution >= 0.6 is 0 Å². The third-order valence-electron chi connectivity index (χ3n) is 5.33. The van der Waals surface area contributed by atoms with E-state index in [9.17, 15) is 9.59 Å². The molecule has 0 radical (unpaired) electrons. The smallest absolute Gasteiger partial charge is 0.251 e. The van der Waals surface area contributed by atoms with E-state index in [0.29, 0.717) is 0 Å². The van der Waals surface area contributed by atoms with Gasteiger partial charge in [-0.15, -0.1) is 0 Å². The highest BCUT2D eigenvalue weighted by Crippen LogP contribution is 2.31. The molecule has 2 aromatic carbocycles. The Morgan fingerprint density at radius 1 is 1.00 bits per heavy atom. The van der Waals surface area contributed by atoms with E-state index in [-0.39, 0.29) is 24.3 Å². The molecular formula is C21H22N2O2. The topological polar surface area (TPSA) is 40.6 Å². The normalized spacial score (nSPS) is 20.9. The zero-order chi connectivity index (χ0) is 17.6. The molecule has 0 aromatic heterocycles. The van der Waals surface area contributed by atoms with E-state index in [0.717, 1.165) is 36.3 Å². The van der Waals surface area contributed by atoms with Crippen LogP contribution in [0, 0.1) is 13.8 Å². The summed E-state index contributed by atoms with van der Waals surface area (Å²) in [4.78, 5) is 29.2. The Morgan fingerprint density at radius 2 is 1.76 bits per heavy atom. The summed E-state index contributed by atoms with van der Waals surface area (Å²) in [5.74, 6) is -0.180. The molecule has 2 heterocycles. The van der Waals surface area contributed by atoms with Gasteiger partial charge in [-0.25, -0.2) is 4.90 Å². The van der Waals surface area contributed by atoms with Crippen LogP contribution in [-0.4, -0.2) is 29.3 Å². The Bertz CT molecular complexity index is 859. The van der Waals surface area contributed by atoms with Crippen LogP contribution in [0.15, 0.2) is 42.5 Å². The van der Waals surface area contributed by atoms with E-state index in [2.05, 4.69) is 23.1 Å². The van der Waals surface area contributed by atoms with Crippen LogP contribution in [0.1, 0.15) is 28.7 Å². The lowest BCUT2D eigenvalue weighted by atomic mass is 9.98. The molecule has 1 unspecified atom stereocenters. The SMILES string of the molecule is Cc1ccc(C)c(N2C(=O)CC(N3CCc4ccccc4C3)C2=O)c1. The lowest BCUT2D eigenvalue weighted by Crippen LogP contribution is -2.44. The van der Waals surface area contributed by atoms with E-state index >= 15 is 0 Å². The van der Waals surface area contributed by atoms with Crippen LogP contribution in [0.4, 0.5) is 5.69 Å². The van der Waals surface area contributed by atoms with E-state index in [1.165, 1.54) is 16.0 Å². The molecule has 2 amide bonds. The summed E-state index contributed by atoms with van der Waals surface area (Å²) < 4.78 is 0. The van der Waals surface area contributed by atoms with Crippen molar-refractivity contribution < 1.29 is 9.59 Å². The van der Waals surface area contributed by atoms with Crippen molar-refractivity contribution >= 4 is 17.5 Å². The third kappa shape index (κ3) is 2.76. The molecule has 0 bridgehead atoms. The second-order valence-electron chi connectivity index (χ2n) is 7.07. The van der Waals surface area contributed by atoms with E-state index in [1.807, 2.05) is 38.1 Å². The average Bonchev–Trinajstić information content (AvgIpc) is 2.91. The number of anilines is 1. The first-order valence-corrected chi connectivity index (χ1v) is 8.79. The van der Waals surface area contributed by atoms with Crippen LogP contribution in [0.3, 0.4) is 0 Å². The largest absolute Gasteiger partial charge is 0.287 e. The zero-order valence-corrected chi connectivity index (χ0v) is 14.7. The fourth-order valence-corrected chi connectivity index (χ4v) is 3.90. The summed E-state index contributed by atoms with van der Waals surface area (Å²) in [6.45, 7) is 5.48. The van der Waals surface area contributed by atoms with Crippen LogP contribution in [0.5, 0.6) is 0 Å². The van der Waals surface area contributed by atoms with Gasteiger partial charge in [0, 0.05) is 13.1 Å². The number of carbonyl (C=O) groups excluding carboxylic acids is 2. The number of fused-ring (bicyclic) bond motifs is 1. The molecule has 0 spiro atoms. The van der Waals surface area contributed by atoms with Gasteiger partial charge in [0.25, 0.3) is 5.91 Å². The minimum atomic E-state index is -0.347. The second kappa shape index (κ2) is 6.12. The Labute approximate surface area is 148 Å². The quantitative estimate of drug-likeness (QED) is 0.793. The van der Waals surface area contributed by atoms with Crippen molar-refractivity contribution in [2.75, 3.05) is 11.4 Å². The van der Waals surface area contributed by atoms with Crippen molar-refractivity contribution in [1.82, 2.24) is 4.90 Å². The lowest BCUT2D eigenvalue weighted by Gasteiger charge is -2.32.